The molecule has 1 aliphatic heterocycles. The number of hydrogen-bond acceptors (Lipinski definition) is 4. The predicted octanol–water partition coefficient (Wildman–Crippen LogP) is 3.67. The highest BCUT2D eigenvalue weighted by Crippen LogP contribution is 2.41. The standard InChI is InChI=1S/C20H14O4/c1-20(12-5-3-2-4-6-12)10-9-13-17(24-20)8-7-14-18(13)15(21)11-16(22)19(14)23/h2-11,21H,1H3. The van der Waals surface area contributed by atoms with Gasteiger partial charge in [-0.1, -0.05) is 36.4 Å². The van der Waals surface area contributed by atoms with Gasteiger partial charge in [0.05, 0.1) is 0 Å². The monoisotopic (exact) mass is 318 g/mol. The molecule has 1 unspecified atom stereocenters. The molecule has 0 saturated carbocycles. The minimum Gasteiger partial charge on any atom is -0.507 e. The van der Waals surface area contributed by atoms with E-state index in [1.165, 1.54) is 6.07 Å². The summed E-state index contributed by atoms with van der Waals surface area (Å²) in [7, 11) is 0. The first-order valence-corrected chi connectivity index (χ1v) is 7.60. The van der Waals surface area contributed by atoms with Crippen LogP contribution in [0.3, 0.4) is 0 Å². The van der Waals surface area contributed by atoms with Gasteiger partial charge in [0.15, 0.2) is 0 Å². The topological polar surface area (TPSA) is 63.6 Å². The van der Waals surface area contributed by atoms with Gasteiger partial charge in [-0.2, -0.15) is 0 Å². The van der Waals surface area contributed by atoms with Crippen molar-refractivity contribution in [2.24, 2.45) is 0 Å². The van der Waals surface area contributed by atoms with Crippen LogP contribution in [0.5, 0.6) is 5.75 Å². The second-order valence-electron chi connectivity index (χ2n) is 6.03. The Kier molecular flexibility index (Phi) is 2.97. The van der Waals surface area contributed by atoms with E-state index in [9.17, 15) is 14.7 Å². The Bertz CT molecular complexity index is 938. The van der Waals surface area contributed by atoms with E-state index in [2.05, 4.69) is 0 Å². The average Bonchev–Trinajstić information content (AvgIpc) is 2.59. The van der Waals surface area contributed by atoms with Crippen molar-refractivity contribution in [2.75, 3.05) is 0 Å². The lowest BCUT2D eigenvalue weighted by molar-refractivity contribution is -0.111. The largest absolute Gasteiger partial charge is 0.507 e. The van der Waals surface area contributed by atoms with Crippen LogP contribution in [0.4, 0.5) is 0 Å². The summed E-state index contributed by atoms with van der Waals surface area (Å²) in [6.45, 7) is 1.95. The first-order valence-electron chi connectivity index (χ1n) is 7.60. The number of aliphatic hydroxyl groups excluding tert-OH is 1. The fraction of sp³-hybridized carbons (Fsp3) is 0.100. The summed E-state index contributed by atoms with van der Waals surface area (Å²) in [4.78, 5) is 23.6. The lowest BCUT2D eigenvalue weighted by Crippen LogP contribution is -2.30. The molecule has 0 amide bonds. The molecule has 118 valence electrons. The van der Waals surface area contributed by atoms with Gasteiger partial charge < -0.3 is 9.84 Å². The number of ketones is 2. The van der Waals surface area contributed by atoms with Crippen LogP contribution in [0.1, 0.15) is 34.0 Å². The molecule has 1 heterocycles. The molecule has 0 saturated heterocycles. The van der Waals surface area contributed by atoms with Crippen molar-refractivity contribution < 1.29 is 19.4 Å². The molecule has 2 aromatic carbocycles. The van der Waals surface area contributed by atoms with Crippen molar-refractivity contribution in [2.45, 2.75) is 12.5 Å². The molecule has 24 heavy (non-hydrogen) atoms. The lowest BCUT2D eigenvalue weighted by Gasteiger charge is -2.33. The number of fused-ring (bicyclic) bond motifs is 3. The van der Waals surface area contributed by atoms with Crippen LogP contribution < -0.4 is 4.74 Å². The smallest absolute Gasteiger partial charge is 0.233 e. The van der Waals surface area contributed by atoms with Gasteiger partial charge in [0.1, 0.15) is 17.1 Å². The number of carbonyl (C=O) groups is 2. The van der Waals surface area contributed by atoms with Crippen LogP contribution in [0.25, 0.3) is 11.8 Å². The molecule has 2 aliphatic rings. The Morgan fingerprint density at radius 1 is 1.04 bits per heavy atom. The number of carbonyl (C=O) groups excluding carboxylic acids is 2. The molecule has 4 heteroatoms. The number of ether oxygens (including phenoxy) is 1. The number of Topliss-reactive ketones (excluding diaryl/α,β-unsaturated/α-hetero) is 1. The van der Waals surface area contributed by atoms with E-state index in [0.29, 0.717) is 16.9 Å². The first-order chi connectivity index (χ1) is 11.5. The van der Waals surface area contributed by atoms with Crippen molar-refractivity contribution in [3.8, 4) is 5.75 Å². The van der Waals surface area contributed by atoms with Crippen LogP contribution in [-0.4, -0.2) is 16.7 Å². The van der Waals surface area contributed by atoms with Crippen molar-refractivity contribution in [1.29, 1.82) is 0 Å². The van der Waals surface area contributed by atoms with Gasteiger partial charge in [-0.3, -0.25) is 9.59 Å². The summed E-state index contributed by atoms with van der Waals surface area (Å²) in [6, 6.07) is 13.0. The Morgan fingerprint density at radius 2 is 1.79 bits per heavy atom. The molecule has 0 spiro atoms. The van der Waals surface area contributed by atoms with E-state index in [4.69, 9.17) is 4.74 Å². The van der Waals surface area contributed by atoms with E-state index in [-0.39, 0.29) is 11.3 Å². The normalized spacial score (nSPS) is 21.6. The van der Waals surface area contributed by atoms with E-state index in [0.717, 1.165) is 11.6 Å². The third kappa shape index (κ3) is 2.00. The van der Waals surface area contributed by atoms with Gasteiger partial charge in [-0.15, -0.1) is 0 Å². The van der Waals surface area contributed by atoms with Gasteiger partial charge in [-0.05, 0) is 30.7 Å². The van der Waals surface area contributed by atoms with Gasteiger partial charge in [0.2, 0.25) is 11.6 Å². The van der Waals surface area contributed by atoms with Gasteiger partial charge in [-0.25, -0.2) is 0 Å². The van der Waals surface area contributed by atoms with Crippen LogP contribution in [0.15, 0.2) is 54.6 Å². The molecule has 0 radical (unpaired) electrons. The molecule has 1 N–H and O–H groups in total. The molecular weight excluding hydrogens is 304 g/mol. The summed E-state index contributed by atoms with van der Waals surface area (Å²) in [5.74, 6) is -0.974. The number of allylic oxidation sites excluding steroid dienone is 1. The quantitative estimate of drug-likeness (QED) is 0.815. The van der Waals surface area contributed by atoms with Crippen molar-refractivity contribution in [3.05, 3.63) is 76.9 Å². The zero-order valence-electron chi connectivity index (χ0n) is 12.9. The van der Waals surface area contributed by atoms with Crippen LogP contribution in [0.2, 0.25) is 0 Å². The Balaban J connectivity index is 1.86. The van der Waals surface area contributed by atoms with Crippen LogP contribution in [0, 0.1) is 0 Å². The Hall–Kier alpha value is -3.14. The molecule has 4 rings (SSSR count). The Labute approximate surface area is 138 Å². The fourth-order valence-corrected chi connectivity index (χ4v) is 3.14. The molecule has 2 aromatic rings. The predicted molar refractivity (Wildman–Crippen MR) is 89.8 cm³/mol. The van der Waals surface area contributed by atoms with E-state index < -0.39 is 17.2 Å². The second kappa shape index (κ2) is 4.93. The highest BCUT2D eigenvalue weighted by Gasteiger charge is 2.34. The minimum absolute atomic E-state index is 0.204. The molecule has 1 aliphatic carbocycles. The molecule has 1 atom stereocenters. The van der Waals surface area contributed by atoms with E-state index in [1.54, 1.807) is 6.07 Å². The molecule has 0 fully saturated rings. The van der Waals surface area contributed by atoms with Crippen molar-refractivity contribution in [3.63, 3.8) is 0 Å². The SMILES string of the molecule is CC1(c2ccccc2)C=Cc2c(ccc3c2C(O)=CC(=O)C3=O)O1. The number of rotatable bonds is 1. The molecule has 4 nitrogen and oxygen atoms in total. The lowest BCUT2D eigenvalue weighted by atomic mass is 9.86. The van der Waals surface area contributed by atoms with E-state index >= 15 is 0 Å². The van der Waals surface area contributed by atoms with Crippen LogP contribution >= 0.6 is 0 Å². The Morgan fingerprint density at radius 3 is 2.54 bits per heavy atom. The van der Waals surface area contributed by atoms with Crippen LogP contribution in [-0.2, 0) is 10.4 Å². The average molecular weight is 318 g/mol. The molecule has 0 aromatic heterocycles. The number of benzene rings is 2. The highest BCUT2D eigenvalue weighted by molar-refractivity contribution is 6.50. The molecular formula is C20H14O4. The second-order valence-corrected chi connectivity index (χ2v) is 6.03. The maximum Gasteiger partial charge on any atom is 0.233 e. The third-order valence-corrected chi connectivity index (χ3v) is 4.43. The number of aliphatic hydroxyl groups is 1. The zero-order chi connectivity index (χ0) is 16.9. The maximum absolute atomic E-state index is 12.0. The fourth-order valence-electron chi connectivity index (χ4n) is 3.14. The summed E-state index contributed by atoms with van der Waals surface area (Å²) in [5, 5.41) is 10.2. The summed E-state index contributed by atoms with van der Waals surface area (Å²) >= 11 is 0. The molecule has 0 bridgehead atoms. The first kappa shape index (κ1) is 14.5. The third-order valence-electron chi connectivity index (χ3n) is 4.43. The maximum atomic E-state index is 12.0. The minimum atomic E-state index is -0.713. The van der Waals surface area contributed by atoms with Crippen molar-refractivity contribution >= 4 is 23.4 Å². The number of hydrogen-bond donors (Lipinski definition) is 1. The van der Waals surface area contributed by atoms with Gasteiger partial charge >= 0.3 is 0 Å². The summed E-state index contributed by atoms with van der Waals surface area (Å²) < 4.78 is 6.16. The summed E-state index contributed by atoms with van der Waals surface area (Å²) in [6.07, 6.45) is 4.68. The highest BCUT2D eigenvalue weighted by atomic mass is 16.5. The summed E-state index contributed by atoms with van der Waals surface area (Å²) in [5.41, 5.74) is 1.51. The van der Waals surface area contributed by atoms with E-state index in [1.807, 2.05) is 49.4 Å². The zero-order valence-corrected chi connectivity index (χ0v) is 12.9. The van der Waals surface area contributed by atoms with Gasteiger partial charge in [0, 0.05) is 22.8 Å². The van der Waals surface area contributed by atoms with Crippen molar-refractivity contribution in [1.82, 2.24) is 0 Å². The van der Waals surface area contributed by atoms with Gasteiger partial charge in [0.25, 0.3) is 0 Å².